The lowest BCUT2D eigenvalue weighted by Gasteiger charge is -2.26. The molecule has 0 unspecified atom stereocenters. The molecule has 0 aromatic carbocycles. The Morgan fingerprint density at radius 2 is 2.15 bits per heavy atom. The van der Waals surface area contributed by atoms with Crippen LogP contribution in [0.25, 0.3) is 10.2 Å². The Morgan fingerprint density at radius 1 is 1.50 bits per heavy atom. The van der Waals surface area contributed by atoms with Crippen molar-refractivity contribution in [1.82, 2.24) is 14.7 Å². The first kappa shape index (κ1) is 14.8. The van der Waals surface area contributed by atoms with E-state index in [1.807, 2.05) is 32.7 Å². The van der Waals surface area contributed by atoms with Crippen molar-refractivity contribution >= 4 is 33.1 Å². The molecule has 0 atom stereocenters. The minimum atomic E-state index is 0.0277. The Balaban J connectivity index is 2.49. The largest absolute Gasteiger partial charge is 0.397 e. The standard InChI is InChI=1S/C14H22N4OS/c1-6-7-18(8(2)3)13(19)12-11(15)10-9(4)16-17(5)14(10)20-12/h8H,6-7,15H2,1-5H3. The van der Waals surface area contributed by atoms with Crippen LogP contribution in [0.3, 0.4) is 0 Å². The molecule has 2 aromatic heterocycles. The second-order valence-corrected chi connectivity index (χ2v) is 6.33. The molecule has 2 heterocycles. The van der Waals surface area contributed by atoms with Crippen LogP contribution in [-0.4, -0.2) is 33.2 Å². The van der Waals surface area contributed by atoms with Crippen molar-refractivity contribution in [2.24, 2.45) is 7.05 Å². The second-order valence-electron chi connectivity index (χ2n) is 5.33. The number of nitrogen functional groups attached to an aromatic ring is 1. The summed E-state index contributed by atoms with van der Waals surface area (Å²) >= 11 is 1.44. The number of thiophene rings is 1. The third kappa shape index (κ3) is 2.28. The predicted octanol–water partition coefficient (Wildman–Crippen LogP) is 2.79. The summed E-state index contributed by atoms with van der Waals surface area (Å²) < 4.78 is 1.79. The van der Waals surface area contributed by atoms with Crippen LogP contribution in [0.15, 0.2) is 0 Å². The second kappa shape index (κ2) is 5.44. The molecular weight excluding hydrogens is 272 g/mol. The Kier molecular flexibility index (Phi) is 4.04. The maximum absolute atomic E-state index is 12.7. The Bertz CT molecular complexity index is 641. The molecule has 2 N–H and O–H groups in total. The Hall–Kier alpha value is -1.56. The molecule has 110 valence electrons. The fourth-order valence-corrected chi connectivity index (χ4v) is 3.60. The molecule has 0 aliphatic carbocycles. The first-order valence-corrected chi connectivity index (χ1v) is 7.72. The Morgan fingerprint density at radius 3 is 2.65 bits per heavy atom. The molecule has 2 rings (SSSR count). The molecule has 2 aromatic rings. The average Bonchev–Trinajstić information content (AvgIpc) is 2.85. The predicted molar refractivity (Wildman–Crippen MR) is 84.2 cm³/mol. The molecular formula is C14H22N4OS. The molecule has 0 fully saturated rings. The van der Waals surface area contributed by atoms with E-state index < -0.39 is 0 Å². The van der Waals surface area contributed by atoms with Gasteiger partial charge in [0, 0.05) is 19.6 Å². The van der Waals surface area contributed by atoms with Crippen LogP contribution in [0.1, 0.15) is 42.6 Å². The number of rotatable bonds is 4. The van der Waals surface area contributed by atoms with Gasteiger partial charge in [-0.2, -0.15) is 5.10 Å². The maximum atomic E-state index is 12.7. The summed E-state index contributed by atoms with van der Waals surface area (Å²) in [4.78, 5) is 16.2. The quantitative estimate of drug-likeness (QED) is 0.943. The van der Waals surface area contributed by atoms with E-state index in [2.05, 4.69) is 12.0 Å². The van der Waals surface area contributed by atoms with Gasteiger partial charge in [-0.1, -0.05) is 6.92 Å². The summed E-state index contributed by atoms with van der Waals surface area (Å²) in [6.45, 7) is 8.81. The molecule has 0 saturated carbocycles. The smallest absolute Gasteiger partial charge is 0.266 e. The molecule has 0 bridgehead atoms. The lowest BCUT2D eigenvalue weighted by molar-refractivity contribution is 0.0712. The molecule has 0 radical (unpaired) electrons. The van der Waals surface area contributed by atoms with E-state index in [4.69, 9.17) is 5.73 Å². The molecule has 6 heteroatoms. The van der Waals surface area contributed by atoms with E-state index in [9.17, 15) is 4.79 Å². The SMILES string of the molecule is CCCN(C(=O)c1sc2c(c(C)nn2C)c1N)C(C)C. The monoisotopic (exact) mass is 294 g/mol. The summed E-state index contributed by atoms with van der Waals surface area (Å²) in [7, 11) is 1.88. The fourth-order valence-electron chi connectivity index (χ4n) is 2.45. The van der Waals surface area contributed by atoms with Crippen molar-refractivity contribution in [3.63, 3.8) is 0 Å². The van der Waals surface area contributed by atoms with Crippen LogP contribution < -0.4 is 5.73 Å². The minimum absolute atomic E-state index is 0.0277. The highest BCUT2D eigenvalue weighted by Crippen LogP contribution is 2.36. The highest BCUT2D eigenvalue weighted by Gasteiger charge is 2.25. The zero-order chi connectivity index (χ0) is 15.0. The fraction of sp³-hybridized carbons (Fsp3) is 0.571. The molecule has 0 saturated heterocycles. The van der Waals surface area contributed by atoms with Crippen LogP contribution in [0.4, 0.5) is 5.69 Å². The first-order valence-electron chi connectivity index (χ1n) is 6.91. The third-order valence-corrected chi connectivity index (χ3v) is 4.69. The van der Waals surface area contributed by atoms with Crippen LogP contribution in [0.2, 0.25) is 0 Å². The minimum Gasteiger partial charge on any atom is -0.397 e. The van der Waals surface area contributed by atoms with Gasteiger partial charge in [-0.25, -0.2) is 0 Å². The van der Waals surface area contributed by atoms with Crippen molar-refractivity contribution in [1.29, 1.82) is 0 Å². The van der Waals surface area contributed by atoms with E-state index in [1.165, 1.54) is 11.3 Å². The third-order valence-electron chi connectivity index (χ3n) is 3.43. The molecule has 0 aliphatic heterocycles. The van der Waals surface area contributed by atoms with Crippen LogP contribution in [0, 0.1) is 6.92 Å². The van der Waals surface area contributed by atoms with E-state index in [-0.39, 0.29) is 11.9 Å². The van der Waals surface area contributed by atoms with E-state index in [0.717, 1.165) is 28.9 Å². The molecule has 20 heavy (non-hydrogen) atoms. The zero-order valence-corrected chi connectivity index (χ0v) is 13.5. The Labute approximate surface area is 123 Å². The van der Waals surface area contributed by atoms with Crippen LogP contribution >= 0.6 is 11.3 Å². The van der Waals surface area contributed by atoms with Gasteiger partial charge in [0.15, 0.2) is 0 Å². The number of aryl methyl sites for hydroxylation is 2. The normalized spacial score (nSPS) is 11.5. The van der Waals surface area contributed by atoms with Gasteiger partial charge in [0.2, 0.25) is 0 Å². The maximum Gasteiger partial charge on any atom is 0.266 e. The summed E-state index contributed by atoms with van der Waals surface area (Å²) in [5, 5.41) is 5.27. The molecule has 1 amide bonds. The van der Waals surface area contributed by atoms with Gasteiger partial charge in [0.1, 0.15) is 9.71 Å². The topological polar surface area (TPSA) is 64.2 Å². The van der Waals surface area contributed by atoms with E-state index >= 15 is 0 Å². The first-order chi connectivity index (χ1) is 9.38. The molecule has 5 nitrogen and oxygen atoms in total. The van der Waals surface area contributed by atoms with Crippen LogP contribution in [-0.2, 0) is 7.05 Å². The zero-order valence-electron chi connectivity index (χ0n) is 12.7. The number of aromatic nitrogens is 2. The lowest BCUT2D eigenvalue weighted by Crippen LogP contribution is -2.37. The van der Waals surface area contributed by atoms with E-state index in [0.29, 0.717) is 10.6 Å². The van der Waals surface area contributed by atoms with Gasteiger partial charge in [-0.05, 0) is 27.2 Å². The van der Waals surface area contributed by atoms with Crippen molar-refractivity contribution in [2.75, 3.05) is 12.3 Å². The lowest BCUT2D eigenvalue weighted by atomic mass is 10.2. The van der Waals surface area contributed by atoms with Crippen molar-refractivity contribution in [2.45, 2.75) is 40.2 Å². The number of nitrogens with zero attached hydrogens (tertiary/aromatic N) is 3. The summed E-state index contributed by atoms with van der Waals surface area (Å²) in [5.41, 5.74) is 7.65. The summed E-state index contributed by atoms with van der Waals surface area (Å²) in [5.74, 6) is 0.0277. The number of carbonyl (C=O) groups excluding carboxylic acids is 1. The summed E-state index contributed by atoms with van der Waals surface area (Å²) in [6.07, 6.45) is 0.940. The highest BCUT2D eigenvalue weighted by atomic mass is 32.1. The van der Waals surface area contributed by atoms with Crippen molar-refractivity contribution in [3.8, 4) is 0 Å². The van der Waals surface area contributed by atoms with Gasteiger partial charge in [0.25, 0.3) is 5.91 Å². The van der Waals surface area contributed by atoms with Gasteiger partial charge in [0.05, 0.1) is 16.8 Å². The number of hydrogen-bond acceptors (Lipinski definition) is 4. The number of carbonyl (C=O) groups is 1. The van der Waals surface area contributed by atoms with Gasteiger partial charge in [-0.15, -0.1) is 11.3 Å². The highest BCUT2D eigenvalue weighted by molar-refractivity contribution is 7.21. The van der Waals surface area contributed by atoms with Gasteiger partial charge in [-0.3, -0.25) is 9.48 Å². The van der Waals surface area contributed by atoms with Crippen LogP contribution in [0.5, 0.6) is 0 Å². The number of anilines is 1. The van der Waals surface area contributed by atoms with Gasteiger partial charge >= 0.3 is 0 Å². The number of nitrogens with two attached hydrogens (primary N) is 1. The van der Waals surface area contributed by atoms with Crippen molar-refractivity contribution < 1.29 is 4.79 Å². The van der Waals surface area contributed by atoms with Crippen molar-refractivity contribution in [3.05, 3.63) is 10.6 Å². The number of fused-ring (bicyclic) bond motifs is 1. The number of hydrogen-bond donors (Lipinski definition) is 1. The average molecular weight is 294 g/mol. The van der Waals surface area contributed by atoms with E-state index in [1.54, 1.807) is 4.68 Å². The van der Waals surface area contributed by atoms with Gasteiger partial charge < -0.3 is 10.6 Å². The summed E-state index contributed by atoms with van der Waals surface area (Å²) in [6, 6.07) is 0.172. The molecule has 0 spiro atoms. The molecule has 0 aliphatic rings. The number of amides is 1.